The topological polar surface area (TPSA) is 38.8 Å². The number of likely N-dealkylation sites (tertiary alicyclic amines) is 1. The van der Waals surface area contributed by atoms with Crippen LogP contribution >= 0.6 is 15.9 Å². The molecule has 1 aliphatic heterocycles. The second kappa shape index (κ2) is 7.32. The van der Waals surface area contributed by atoms with Crippen molar-refractivity contribution in [1.82, 2.24) is 4.90 Å². The summed E-state index contributed by atoms with van der Waals surface area (Å²) in [6.45, 7) is 13.4. The lowest BCUT2D eigenvalue weighted by atomic mass is 9.94. The Balaban J connectivity index is 2.73. The standard InChI is InChI=1S/C16H30BrNO3/c1-12(2)13(3)20-16(10-17)8-7-9-18(11-16)14(19)21-15(4,5)6/h12-13H,7-11H2,1-6H3. The van der Waals surface area contributed by atoms with Crippen molar-refractivity contribution in [2.75, 3.05) is 18.4 Å². The van der Waals surface area contributed by atoms with Crippen molar-refractivity contribution in [3.8, 4) is 0 Å². The largest absolute Gasteiger partial charge is 0.444 e. The van der Waals surface area contributed by atoms with Gasteiger partial charge in [0.1, 0.15) is 5.60 Å². The zero-order chi connectivity index (χ0) is 16.3. The summed E-state index contributed by atoms with van der Waals surface area (Å²) in [5.41, 5.74) is -0.767. The van der Waals surface area contributed by atoms with Gasteiger partial charge < -0.3 is 14.4 Å². The van der Waals surface area contributed by atoms with Crippen molar-refractivity contribution in [1.29, 1.82) is 0 Å². The van der Waals surface area contributed by atoms with Gasteiger partial charge in [-0.25, -0.2) is 4.79 Å². The molecule has 124 valence electrons. The molecule has 2 atom stereocenters. The zero-order valence-electron chi connectivity index (χ0n) is 14.2. The lowest BCUT2D eigenvalue weighted by Crippen LogP contribution is -2.55. The molecule has 0 aromatic carbocycles. The highest BCUT2D eigenvalue weighted by atomic mass is 79.9. The molecule has 4 nitrogen and oxygen atoms in total. The van der Waals surface area contributed by atoms with Gasteiger partial charge in [-0.05, 0) is 46.5 Å². The molecule has 1 amide bonds. The monoisotopic (exact) mass is 363 g/mol. The van der Waals surface area contributed by atoms with E-state index in [1.54, 1.807) is 4.90 Å². The predicted octanol–water partition coefficient (Wildman–Crippen LogP) is 4.21. The maximum Gasteiger partial charge on any atom is 0.410 e. The van der Waals surface area contributed by atoms with Crippen LogP contribution in [-0.4, -0.2) is 46.7 Å². The Kier molecular flexibility index (Phi) is 6.54. The number of alkyl halides is 1. The van der Waals surface area contributed by atoms with Crippen molar-refractivity contribution in [3.05, 3.63) is 0 Å². The molecule has 1 rings (SSSR count). The van der Waals surface area contributed by atoms with Crippen LogP contribution in [0.3, 0.4) is 0 Å². The normalized spacial score (nSPS) is 25.0. The molecule has 0 radical (unpaired) electrons. The van der Waals surface area contributed by atoms with Crippen LogP contribution < -0.4 is 0 Å². The van der Waals surface area contributed by atoms with E-state index < -0.39 is 5.60 Å². The first-order valence-electron chi connectivity index (χ1n) is 7.80. The Hall–Kier alpha value is -0.290. The van der Waals surface area contributed by atoms with Crippen molar-refractivity contribution >= 4 is 22.0 Å². The second-order valence-corrected chi connectivity index (χ2v) is 7.95. The fourth-order valence-electron chi connectivity index (χ4n) is 2.35. The molecule has 0 saturated carbocycles. The summed E-state index contributed by atoms with van der Waals surface area (Å²) in [5.74, 6) is 0.456. The lowest BCUT2D eigenvalue weighted by molar-refractivity contribution is -0.119. The van der Waals surface area contributed by atoms with Gasteiger partial charge in [0.15, 0.2) is 0 Å². The Morgan fingerprint density at radius 3 is 2.43 bits per heavy atom. The van der Waals surface area contributed by atoms with Crippen LogP contribution in [-0.2, 0) is 9.47 Å². The van der Waals surface area contributed by atoms with E-state index >= 15 is 0 Å². The number of nitrogens with zero attached hydrogens (tertiary/aromatic N) is 1. The van der Waals surface area contributed by atoms with Gasteiger partial charge in [0.25, 0.3) is 0 Å². The average Bonchev–Trinajstić information content (AvgIpc) is 2.36. The van der Waals surface area contributed by atoms with Crippen LogP contribution in [0.25, 0.3) is 0 Å². The van der Waals surface area contributed by atoms with Crippen molar-refractivity contribution < 1.29 is 14.3 Å². The number of carbonyl (C=O) groups is 1. The van der Waals surface area contributed by atoms with E-state index in [4.69, 9.17) is 9.47 Å². The van der Waals surface area contributed by atoms with Gasteiger partial charge in [0.05, 0.1) is 18.2 Å². The smallest absolute Gasteiger partial charge is 0.410 e. The summed E-state index contributed by atoms with van der Waals surface area (Å²) in [6.07, 6.45) is 1.83. The first kappa shape index (κ1) is 18.8. The maximum absolute atomic E-state index is 12.3. The predicted molar refractivity (Wildman–Crippen MR) is 89.0 cm³/mol. The third kappa shape index (κ3) is 5.78. The lowest BCUT2D eigenvalue weighted by Gasteiger charge is -2.43. The highest BCUT2D eigenvalue weighted by Gasteiger charge is 2.40. The number of carbonyl (C=O) groups excluding carboxylic acids is 1. The first-order chi connectivity index (χ1) is 9.58. The van der Waals surface area contributed by atoms with Crippen LogP contribution in [0, 0.1) is 5.92 Å². The molecule has 0 bridgehead atoms. The van der Waals surface area contributed by atoms with Crippen LogP contribution in [0.2, 0.25) is 0 Å². The van der Waals surface area contributed by atoms with E-state index in [1.165, 1.54) is 0 Å². The summed E-state index contributed by atoms with van der Waals surface area (Å²) in [5, 5.41) is 0.732. The first-order valence-corrected chi connectivity index (χ1v) is 8.92. The van der Waals surface area contributed by atoms with Crippen LogP contribution in [0.1, 0.15) is 54.4 Å². The minimum absolute atomic E-state index is 0.168. The van der Waals surface area contributed by atoms with Crippen molar-refractivity contribution in [3.63, 3.8) is 0 Å². The molecule has 0 spiro atoms. The molecular formula is C16H30BrNO3. The molecule has 1 heterocycles. The van der Waals surface area contributed by atoms with Crippen molar-refractivity contribution in [2.24, 2.45) is 5.92 Å². The number of rotatable bonds is 4. The maximum atomic E-state index is 12.3. The molecule has 0 aromatic rings. The number of hydrogen-bond donors (Lipinski definition) is 0. The minimum Gasteiger partial charge on any atom is -0.444 e. The van der Waals surface area contributed by atoms with Gasteiger partial charge in [-0.3, -0.25) is 0 Å². The van der Waals surface area contributed by atoms with Gasteiger partial charge in [-0.2, -0.15) is 0 Å². The van der Waals surface area contributed by atoms with Gasteiger partial charge in [-0.15, -0.1) is 0 Å². The Morgan fingerprint density at radius 2 is 1.95 bits per heavy atom. The van der Waals surface area contributed by atoms with Gasteiger partial charge >= 0.3 is 6.09 Å². The van der Waals surface area contributed by atoms with Gasteiger partial charge in [-0.1, -0.05) is 29.8 Å². The highest BCUT2D eigenvalue weighted by Crippen LogP contribution is 2.30. The van der Waals surface area contributed by atoms with Crippen LogP contribution in [0.4, 0.5) is 4.79 Å². The molecule has 1 fully saturated rings. The summed E-state index contributed by atoms with van der Waals surface area (Å²) < 4.78 is 11.8. The third-order valence-electron chi connectivity index (χ3n) is 3.81. The van der Waals surface area contributed by atoms with Gasteiger partial charge in [0.2, 0.25) is 0 Å². The van der Waals surface area contributed by atoms with E-state index in [-0.39, 0.29) is 17.8 Å². The fourth-order valence-corrected chi connectivity index (χ4v) is 2.94. The number of ether oxygens (including phenoxy) is 2. The van der Waals surface area contributed by atoms with E-state index in [1.807, 2.05) is 20.8 Å². The molecule has 1 saturated heterocycles. The minimum atomic E-state index is -0.461. The number of halogens is 1. The Bertz CT molecular complexity index is 354. The molecule has 0 aromatic heterocycles. The summed E-state index contributed by atoms with van der Waals surface area (Å²) in [6, 6.07) is 0. The van der Waals surface area contributed by atoms with E-state index in [0.717, 1.165) is 24.7 Å². The molecule has 1 aliphatic rings. The fraction of sp³-hybridized carbons (Fsp3) is 0.938. The van der Waals surface area contributed by atoms with Crippen molar-refractivity contribution in [2.45, 2.75) is 71.7 Å². The van der Waals surface area contributed by atoms with E-state index in [2.05, 4.69) is 36.7 Å². The molecule has 0 aliphatic carbocycles. The molecule has 5 heteroatoms. The Morgan fingerprint density at radius 1 is 1.33 bits per heavy atom. The van der Waals surface area contributed by atoms with E-state index in [9.17, 15) is 4.79 Å². The Labute approximate surface area is 137 Å². The SMILES string of the molecule is CC(C)C(C)OC1(CBr)CCCN(C(=O)OC(C)(C)C)C1. The number of piperidine rings is 1. The molecule has 21 heavy (non-hydrogen) atoms. The average molecular weight is 364 g/mol. The highest BCUT2D eigenvalue weighted by molar-refractivity contribution is 9.09. The van der Waals surface area contributed by atoms with Crippen LogP contribution in [0.15, 0.2) is 0 Å². The number of hydrogen-bond acceptors (Lipinski definition) is 3. The van der Waals surface area contributed by atoms with E-state index in [0.29, 0.717) is 12.5 Å². The summed E-state index contributed by atoms with van der Waals surface area (Å²) in [4.78, 5) is 14.1. The quantitative estimate of drug-likeness (QED) is 0.702. The molecule has 0 N–H and O–H groups in total. The van der Waals surface area contributed by atoms with Crippen LogP contribution in [0.5, 0.6) is 0 Å². The second-order valence-electron chi connectivity index (χ2n) is 7.39. The van der Waals surface area contributed by atoms with Gasteiger partial charge in [0, 0.05) is 11.9 Å². The molecular weight excluding hydrogens is 334 g/mol. The summed E-state index contributed by atoms with van der Waals surface area (Å²) >= 11 is 3.58. The molecule has 2 unspecified atom stereocenters. The third-order valence-corrected chi connectivity index (χ3v) is 4.83. The zero-order valence-corrected chi connectivity index (χ0v) is 15.8. The summed E-state index contributed by atoms with van der Waals surface area (Å²) in [7, 11) is 0. The number of amides is 1.